The summed E-state index contributed by atoms with van der Waals surface area (Å²) in [6, 6.07) is 0. The van der Waals surface area contributed by atoms with Gasteiger partial charge in [-0.1, -0.05) is 12.2 Å². The van der Waals surface area contributed by atoms with E-state index >= 15 is 0 Å². The Morgan fingerprint density at radius 3 is 3.19 bits per heavy atom. The van der Waals surface area contributed by atoms with E-state index in [1.54, 1.807) is 13.2 Å². The molecule has 1 saturated heterocycles. The third kappa shape index (κ3) is 1.80. The number of allylic oxidation sites excluding steroid dienone is 2. The van der Waals surface area contributed by atoms with Gasteiger partial charge >= 0.3 is 12.9 Å². The molecule has 0 unspecified atom stereocenters. The predicted molar refractivity (Wildman–Crippen MR) is 58.4 cm³/mol. The Balaban J connectivity index is 2.11. The van der Waals surface area contributed by atoms with E-state index < -0.39 is 0 Å². The number of carbonyl (C=O) groups is 1. The first-order valence-electron chi connectivity index (χ1n) is 5.66. The second kappa shape index (κ2) is 4.61. The molecule has 0 radical (unpaired) electrons. The highest BCUT2D eigenvalue weighted by atomic mass is 16.5. The molecule has 1 fully saturated rings. The van der Waals surface area contributed by atoms with Crippen molar-refractivity contribution in [1.29, 1.82) is 5.26 Å². The molecule has 1 aliphatic carbocycles. The lowest BCUT2D eigenvalue weighted by Gasteiger charge is -2.18. The smallest absolute Gasteiger partial charge is 0.388 e. The second-order valence-electron chi connectivity index (χ2n) is 4.25. The summed E-state index contributed by atoms with van der Waals surface area (Å²) >= 11 is 0. The Morgan fingerprint density at radius 1 is 1.69 bits per heavy atom. The molecular weight excluding hydrogens is 205 g/mol. The van der Waals surface area contributed by atoms with Crippen LogP contribution < -0.4 is 0 Å². The highest BCUT2D eigenvalue weighted by Gasteiger charge is 2.52. The van der Waals surface area contributed by atoms with Crippen LogP contribution in [-0.2, 0) is 14.2 Å². The van der Waals surface area contributed by atoms with Crippen LogP contribution in [0.2, 0.25) is 12.1 Å². The Hall–Kier alpha value is -1.44. The van der Waals surface area contributed by atoms with Crippen LogP contribution in [0, 0.1) is 23.4 Å². The highest BCUT2D eigenvalue weighted by molar-refractivity contribution is 6.59. The average Bonchev–Trinajstić information content (AvgIpc) is 2.77. The highest BCUT2D eigenvalue weighted by Crippen LogP contribution is 2.48. The number of hydrogen-bond acceptors (Lipinski definition) is 4. The summed E-state index contributed by atoms with van der Waals surface area (Å²) in [6.45, 7) is 1.86. The number of nitriles is 1. The van der Waals surface area contributed by atoms with E-state index in [4.69, 9.17) is 14.7 Å². The third-order valence-corrected chi connectivity index (χ3v) is 3.47. The molecule has 0 amide bonds. The quantitative estimate of drug-likeness (QED) is 0.313. The van der Waals surface area contributed by atoms with Gasteiger partial charge in [-0.3, -0.25) is 4.79 Å². The molecule has 84 valence electrons. The Kier molecular flexibility index (Phi) is 3.18. The number of carbonyl (C=O) groups excluding carboxylic acids is 1. The molecule has 0 bridgehead atoms. The van der Waals surface area contributed by atoms with Crippen molar-refractivity contribution in [3.8, 4) is 6.26 Å². The normalized spacial score (nSPS) is 31.0. The lowest BCUT2D eigenvalue weighted by Crippen LogP contribution is -2.29. The lowest BCUT2D eigenvalue weighted by atomic mass is 9.56. The van der Waals surface area contributed by atoms with Crippen LogP contribution in [0.15, 0.2) is 12.2 Å². The summed E-state index contributed by atoms with van der Waals surface area (Å²) < 4.78 is 10.0. The van der Waals surface area contributed by atoms with E-state index in [2.05, 4.69) is 12.2 Å². The number of esters is 1. The van der Waals surface area contributed by atoms with E-state index in [9.17, 15) is 4.79 Å². The van der Waals surface area contributed by atoms with Gasteiger partial charge in [0, 0.05) is 0 Å². The predicted octanol–water partition coefficient (Wildman–Crippen LogP) is 1.61. The molecule has 2 rings (SSSR count). The first-order chi connectivity index (χ1) is 7.77. The van der Waals surface area contributed by atoms with Gasteiger partial charge in [-0.15, -0.1) is 0 Å². The molecule has 5 heteroatoms. The van der Waals surface area contributed by atoms with E-state index in [1.807, 2.05) is 0 Å². The van der Waals surface area contributed by atoms with Gasteiger partial charge in [0.05, 0.1) is 12.4 Å². The number of rotatable bonds is 3. The van der Waals surface area contributed by atoms with Crippen molar-refractivity contribution in [3.63, 3.8) is 0 Å². The Morgan fingerprint density at radius 2 is 2.50 bits per heavy atom. The van der Waals surface area contributed by atoms with Gasteiger partial charge in [-0.2, -0.15) is 5.26 Å². The maximum Gasteiger partial charge on any atom is 0.388 e. The maximum absolute atomic E-state index is 11.8. The van der Waals surface area contributed by atoms with Crippen LogP contribution in [0.4, 0.5) is 0 Å². The molecule has 0 spiro atoms. The first kappa shape index (κ1) is 11.1. The lowest BCUT2D eigenvalue weighted by molar-refractivity contribution is -0.144. The molecule has 0 aromatic heterocycles. The van der Waals surface area contributed by atoms with Gasteiger partial charge in [0.25, 0.3) is 6.26 Å². The van der Waals surface area contributed by atoms with E-state index in [-0.39, 0.29) is 24.6 Å². The molecule has 0 saturated carbocycles. The largest absolute Gasteiger partial charge is 0.497 e. The van der Waals surface area contributed by atoms with Gasteiger partial charge in [-0.05, 0) is 31.5 Å². The van der Waals surface area contributed by atoms with Crippen LogP contribution in [0.1, 0.15) is 13.3 Å². The number of nitrogens with zero attached hydrogens (tertiary/aromatic N) is 1. The van der Waals surface area contributed by atoms with E-state index in [0.717, 1.165) is 12.7 Å². The molecule has 3 atom stereocenters. The van der Waals surface area contributed by atoms with Gasteiger partial charge < -0.3 is 9.39 Å². The topological polar surface area (TPSA) is 59.3 Å². The molecule has 2 aliphatic rings. The van der Waals surface area contributed by atoms with Crippen molar-refractivity contribution in [2.45, 2.75) is 25.5 Å². The van der Waals surface area contributed by atoms with Crippen molar-refractivity contribution in [2.24, 2.45) is 11.8 Å². The number of hydrogen-bond donors (Lipinski definition) is 0. The number of ether oxygens (including phenoxy) is 1. The molecular formula is C11H14BNO3. The fourth-order valence-corrected chi connectivity index (χ4v) is 2.84. The van der Waals surface area contributed by atoms with E-state index in [0.29, 0.717) is 12.5 Å². The summed E-state index contributed by atoms with van der Waals surface area (Å²) in [5.74, 6) is 0.128. The van der Waals surface area contributed by atoms with Crippen LogP contribution in [-0.4, -0.2) is 19.5 Å². The minimum atomic E-state index is -0.302. The van der Waals surface area contributed by atoms with Gasteiger partial charge in [0.2, 0.25) is 0 Å². The zero-order chi connectivity index (χ0) is 11.5. The molecule has 4 nitrogen and oxygen atoms in total. The minimum Gasteiger partial charge on any atom is -0.497 e. The SMILES string of the molecule is CCOC(=O)[C@H]1B(OC#N)C[C@@H]2C=CC[C@H]12. The summed E-state index contributed by atoms with van der Waals surface area (Å²) in [5, 5.41) is 8.58. The van der Waals surface area contributed by atoms with Crippen LogP contribution in [0.3, 0.4) is 0 Å². The van der Waals surface area contributed by atoms with Crippen molar-refractivity contribution < 1.29 is 14.2 Å². The molecule has 0 aromatic rings. The summed E-state index contributed by atoms with van der Waals surface area (Å²) in [4.78, 5) is 11.8. The molecule has 1 aliphatic heterocycles. The summed E-state index contributed by atoms with van der Waals surface area (Å²) in [5.41, 5.74) is 0. The van der Waals surface area contributed by atoms with Crippen molar-refractivity contribution in [3.05, 3.63) is 12.2 Å². The van der Waals surface area contributed by atoms with Crippen LogP contribution in [0.5, 0.6) is 0 Å². The van der Waals surface area contributed by atoms with Crippen LogP contribution >= 0.6 is 0 Å². The molecule has 0 aromatic carbocycles. The average molecular weight is 219 g/mol. The van der Waals surface area contributed by atoms with Crippen molar-refractivity contribution in [1.82, 2.24) is 0 Å². The van der Waals surface area contributed by atoms with Crippen molar-refractivity contribution >= 4 is 12.9 Å². The zero-order valence-electron chi connectivity index (χ0n) is 9.26. The van der Waals surface area contributed by atoms with Crippen molar-refractivity contribution in [2.75, 3.05) is 6.61 Å². The second-order valence-corrected chi connectivity index (χ2v) is 4.25. The van der Waals surface area contributed by atoms with Gasteiger partial charge in [0.15, 0.2) is 0 Å². The fraction of sp³-hybridized carbons (Fsp3) is 0.636. The minimum absolute atomic E-state index is 0.223. The van der Waals surface area contributed by atoms with Gasteiger partial charge in [0.1, 0.15) is 0 Å². The summed E-state index contributed by atoms with van der Waals surface area (Å²) in [7, 11) is 0. The van der Waals surface area contributed by atoms with Crippen LogP contribution in [0.25, 0.3) is 0 Å². The standard InChI is InChI=1S/C11H14BNO3/c1-2-15-11(14)10-9-5-3-4-8(9)6-12(10)16-7-13/h3-4,8-10H,2,5-6H2,1H3/t8-,9-,10-/m0/s1. The van der Waals surface area contributed by atoms with Gasteiger partial charge in [-0.25, -0.2) is 0 Å². The third-order valence-electron chi connectivity index (χ3n) is 3.47. The number of fused-ring (bicyclic) bond motifs is 1. The first-order valence-corrected chi connectivity index (χ1v) is 5.66. The monoisotopic (exact) mass is 219 g/mol. The molecule has 16 heavy (non-hydrogen) atoms. The molecule has 1 heterocycles. The van der Waals surface area contributed by atoms with E-state index in [1.165, 1.54) is 0 Å². The zero-order valence-corrected chi connectivity index (χ0v) is 9.26. The fourth-order valence-electron chi connectivity index (χ4n) is 2.84. The Bertz CT molecular complexity index is 350. The summed E-state index contributed by atoms with van der Waals surface area (Å²) in [6.07, 6.45) is 7.55. The Labute approximate surface area is 95.3 Å². The maximum atomic E-state index is 11.8. The molecule has 0 N–H and O–H groups in total.